The number of hydrogen-bond donors (Lipinski definition) is 3. The molecule has 0 saturated heterocycles. The van der Waals surface area contributed by atoms with Crippen molar-refractivity contribution in [1.82, 2.24) is 5.01 Å². The van der Waals surface area contributed by atoms with Crippen LogP contribution >= 0.6 is 0 Å². The van der Waals surface area contributed by atoms with E-state index in [1.54, 1.807) is 6.07 Å². The third-order valence-electron chi connectivity index (χ3n) is 5.79. The maximum Gasteiger partial charge on any atom is 0.281 e. The molecule has 0 fully saturated rings. The van der Waals surface area contributed by atoms with Gasteiger partial charge >= 0.3 is 0 Å². The quantitative estimate of drug-likeness (QED) is 0.340. The van der Waals surface area contributed by atoms with Crippen molar-refractivity contribution in [3.05, 3.63) is 75.2 Å². The third-order valence-corrected chi connectivity index (χ3v) is 5.79. The molecule has 176 valence electrons. The summed E-state index contributed by atoms with van der Waals surface area (Å²) in [4.78, 5) is 0. The highest BCUT2D eigenvalue weighted by Crippen LogP contribution is 2.48. The number of hydrogen-bond acceptors (Lipinski definition) is 5. The number of aliphatic hydroxyl groups is 1. The topological polar surface area (TPSA) is 99.3 Å². The second-order valence-electron chi connectivity index (χ2n) is 8.06. The molecule has 5 nitrogen and oxygen atoms in total. The molecule has 2 aromatic rings. The van der Waals surface area contributed by atoms with Crippen LogP contribution in [0.5, 0.6) is 0 Å². The summed E-state index contributed by atoms with van der Waals surface area (Å²) in [5, 5.41) is 20.9. The highest BCUT2D eigenvalue weighted by atomic mass is 19.3. The van der Waals surface area contributed by atoms with Crippen molar-refractivity contribution in [3.63, 3.8) is 0 Å². The Kier molecular flexibility index (Phi) is 6.68. The normalized spacial score (nSPS) is 19.0. The standard InChI is InChI=1S/C23H23F5N4O/c1-11(24)21(26)17-7-14(25)5-13(9-29)16(17)6-12-3-4-15(19(10-30)32(2)31)20-18(12)8-23(27,28)22(20)33/h3-5,7,10-11,21-22,33H,6,8,30-31H2,1-2H3/b19-10-. The van der Waals surface area contributed by atoms with Gasteiger partial charge in [-0.2, -0.15) is 5.26 Å². The Labute approximate surface area is 187 Å². The SMILES string of the molecule is CC(F)C(F)c1cc(F)cc(C#N)c1Cc1ccc(/C(=C/N)N(C)N)c2c1CC(F)(F)C2O. The smallest absolute Gasteiger partial charge is 0.281 e. The van der Waals surface area contributed by atoms with Gasteiger partial charge in [-0.05, 0) is 53.3 Å². The van der Waals surface area contributed by atoms with Crippen LogP contribution in [0.1, 0.15) is 58.1 Å². The van der Waals surface area contributed by atoms with Crippen molar-refractivity contribution in [2.45, 2.75) is 44.1 Å². The molecule has 0 radical (unpaired) electrons. The number of nitrogens with two attached hydrogens (primary N) is 2. The molecule has 2 aromatic carbocycles. The number of halogens is 5. The van der Waals surface area contributed by atoms with Gasteiger partial charge in [0.15, 0.2) is 6.17 Å². The van der Waals surface area contributed by atoms with Crippen LogP contribution in [0.15, 0.2) is 30.5 Å². The van der Waals surface area contributed by atoms with Crippen LogP contribution in [0.25, 0.3) is 5.70 Å². The van der Waals surface area contributed by atoms with Crippen molar-refractivity contribution >= 4 is 5.70 Å². The van der Waals surface area contributed by atoms with E-state index in [1.807, 2.05) is 0 Å². The number of benzene rings is 2. The van der Waals surface area contributed by atoms with Crippen LogP contribution in [0.2, 0.25) is 0 Å². The first kappa shape index (κ1) is 24.5. The minimum Gasteiger partial charge on any atom is -0.403 e. The average Bonchev–Trinajstić information content (AvgIpc) is 2.99. The van der Waals surface area contributed by atoms with Crippen LogP contribution in [0, 0.1) is 17.1 Å². The van der Waals surface area contributed by atoms with Gasteiger partial charge in [0.1, 0.15) is 18.1 Å². The molecule has 5 N–H and O–H groups in total. The molecular weight excluding hydrogens is 443 g/mol. The van der Waals surface area contributed by atoms with Gasteiger partial charge in [-0.15, -0.1) is 0 Å². The van der Waals surface area contributed by atoms with Gasteiger partial charge in [0.2, 0.25) is 0 Å². The number of nitrogens with zero attached hydrogens (tertiary/aromatic N) is 2. The molecule has 3 atom stereocenters. The van der Waals surface area contributed by atoms with E-state index in [0.717, 1.165) is 30.3 Å². The number of hydrazine groups is 1. The molecule has 0 heterocycles. The van der Waals surface area contributed by atoms with E-state index in [-0.39, 0.29) is 51.1 Å². The average molecular weight is 466 g/mol. The molecule has 0 aromatic heterocycles. The minimum atomic E-state index is -3.50. The molecule has 3 unspecified atom stereocenters. The van der Waals surface area contributed by atoms with E-state index >= 15 is 0 Å². The maximum absolute atomic E-state index is 14.6. The predicted molar refractivity (Wildman–Crippen MR) is 113 cm³/mol. The summed E-state index contributed by atoms with van der Waals surface area (Å²) in [6.45, 7) is 0.957. The Morgan fingerprint density at radius 1 is 1.36 bits per heavy atom. The summed E-state index contributed by atoms with van der Waals surface area (Å²) >= 11 is 0. The Bertz CT molecular complexity index is 1140. The van der Waals surface area contributed by atoms with E-state index in [9.17, 15) is 32.3 Å². The summed E-state index contributed by atoms with van der Waals surface area (Å²) in [5.41, 5.74) is 5.60. The monoisotopic (exact) mass is 466 g/mol. The molecule has 0 saturated carbocycles. The van der Waals surface area contributed by atoms with Gasteiger partial charge in [0, 0.05) is 25.2 Å². The molecular formula is C23H23F5N4O. The fraction of sp³-hybridized carbons (Fsp3) is 0.348. The lowest BCUT2D eigenvalue weighted by Crippen LogP contribution is -2.27. The van der Waals surface area contributed by atoms with Crippen molar-refractivity contribution in [1.29, 1.82) is 5.26 Å². The minimum absolute atomic E-state index is 0.0129. The summed E-state index contributed by atoms with van der Waals surface area (Å²) in [6.07, 6.45) is -6.33. The fourth-order valence-electron chi connectivity index (χ4n) is 4.20. The molecule has 0 amide bonds. The zero-order chi connectivity index (χ0) is 24.7. The van der Waals surface area contributed by atoms with Crippen LogP contribution in [-0.2, 0) is 12.8 Å². The van der Waals surface area contributed by atoms with E-state index in [4.69, 9.17) is 11.6 Å². The van der Waals surface area contributed by atoms with Gasteiger partial charge in [-0.3, -0.25) is 0 Å². The van der Waals surface area contributed by atoms with Gasteiger partial charge in [-0.1, -0.05) is 12.1 Å². The molecule has 0 spiro atoms. The van der Waals surface area contributed by atoms with E-state index < -0.39 is 36.6 Å². The zero-order valence-corrected chi connectivity index (χ0v) is 17.9. The molecule has 33 heavy (non-hydrogen) atoms. The molecule has 0 aliphatic heterocycles. The number of alkyl halides is 4. The molecule has 3 rings (SSSR count). The molecule has 0 bridgehead atoms. The summed E-state index contributed by atoms with van der Waals surface area (Å²) in [5.74, 6) is 1.33. The zero-order valence-electron chi connectivity index (χ0n) is 17.9. The Hall–Kier alpha value is -3.16. The second-order valence-corrected chi connectivity index (χ2v) is 8.06. The molecule has 1 aliphatic carbocycles. The van der Waals surface area contributed by atoms with Crippen LogP contribution < -0.4 is 11.6 Å². The highest BCUT2D eigenvalue weighted by Gasteiger charge is 2.49. The molecule has 1 aliphatic rings. The molecule has 10 heteroatoms. The van der Waals surface area contributed by atoms with E-state index in [1.165, 1.54) is 19.2 Å². The largest absolute Gasteiger partial charge is 0.403 e. The summed E-state index contributed by atoms with van der Waals surface area (Å²) in [6, 6.07) is 6.34. The van der Waals surface area contributed by atoms with Crippen molar-refractivity contribution < 1.29 is 27.1 Å². The Balaban J connectivity index is 2.23. The lowest BCUT2D eigenvalue weighted by atomic mass is 9.87. The lowest BCUT2D eigenvalue weighted by molar-refractivity contribution is -0.0969. The number of aliphatic hydroxyl groups excluding tert-OH is 1. The first-order valence-electron chi connectivity index (χ1n) is 10.0. The van der Waals surface area contributed by atoms with Crippen molar-refractivity contribution in [2.24, 2.45) is 11.6 Å². The predicted octanol–water partition coefficient (Wildman–Crippen LogP) is 3.94. The van der Waals surface area contributed by atoms with Crippen molar-refractivity contribution in [2.75, 3.05) is 7.05 Å². The lowest BCUT2D eigenvalue weighted by Gasteiger charge is -2.22. The number of nitriles is 1. The Morgan fingerprint density at radius 2 is 2.03 bits per heavy atom. The van der Waals surface area contributed by atoms with Crippen LogP contribution in [-0.4, -0.2) is 29.3 Å². The second kappa shape index (κ2) is 9.00. The van der Waals surface area contributed by atoms with Gasteiger partial charge < -0.3 is 15.8 Å². The maximum atomic E-state index is 14.6. The third kappa shape index (κ3) is 4.38. The van der Waals surface area contributed by atoms with Gasteiger partial charge in [-0.25, -0.2) is 27.8 Å². The number of rotatable bonds is 6. The van der Waals surface area contributed by atoms with E-state index in [2.05, 4.69) is 0 Å². The first-order valence-corrected chi connectivity index (χ1v) is 10.0. The van der Waals surface area contributed by atoms with Gasteiger partial charge in [0.05, 0.1) is 17.3 Å². The highest BCUT2D eigenvalue weighted by molar-refractivity contribution is 5.70. The summed E-state index contributed by atoms with van der Waals surface area (Å²) < 4.78 is 71.5. The van der Waals surface area contributed by atoms with Crippen molar-refractivity contribution in [3.8, 4) is 6.07 Å². The van der Waals surface area contributed by atoms with Gasteiger partial charge in [0.25, 0.3) is 5.92 Å². The Morgan fingerprint density at radius 3 is 2.58 bits per heavy atom. The number of fused-ring (bicyclic) bond motifs is 1. The van der Waals surface area contributed by atoms with Crippen LogP contribution in [0.3, 0.4) is 0 Å². The first-order chi connectivity index (χ1) is 15.4. The fourth-order valence-corrected chi connectivity index (χ4v) is 4.20. The van der Waals surface area contributed by atoms with Crippen LogP contribution in [0.4, 0.5) is 22.0 Å². The van der Waals surface area contributed by atoms with E-state index in [0.29, 0.717) is 0 Å². The summed E-state index contributed by atoms with van der Waals surface area (Å²) in [7, 11) is 1.45.